The molecule has 1 aliphatic carbocycles. The molecular weight excluding hydrogens is 262 g/mol. The molecule has 0 radical (unpaired) electrons. The zero-order chi connectivity index (χ0) is 14.8. The molecule has 3 nitrogen and oxygen atoms in total. The first-order valence-electron chi connectivity index (χ1n) is 7.91. The van der Waals surface area contributed by atoms with E-state index >= 15 is 0 Å². The Bertz CT molecular complexity index is 535. The number of carbonyl (C=O) groups excluding carboxylic acids is 1. The number of hydrogen-bond donors (Lipinski definition) is 1. The van der Waals surface area contributed by atoms with Crippen LogP contribution < -0.4 is 0 Å². The highest BCUT2D eigenvalue weighted by Gasteiger charge is 2.42. The minimum Gasteiger partial charge on any atom is -0.393 e. The van der Waals surface area contributed by atoms with Crippen LogP contribution in [0.15, 0.2) is 30.3 Å². The number of fused-ring (bicyclic) bond motifs is 1. The van der Waals surface area contributed by atoms with Crippen molar-refractivity contribution >= 4 is 12.0 Å². The molecule has 0 spiro atoms. The van der Waals surface area contributed by atoms with Crippen LogP contribution in [0.3, 0.4) is 0 Å². The second kappa shape index (κ2) is 6.02. The molecule has 1 aliphatic heterocycles. The first kappa shape index (κ1) is 14.3. The summed E-state index contributed by atoms with van der Waals surface area (Å²) in [5, 5.41) is 9.90. The topological polar surface area (TPSA) is 40.5 Å². The van der Waals surface area contributed by atoms with E-state index in [1.807, 2.05) is 23.1 Å². The van der Waals surface area contributed by atoms with Gasteiger partial charge in [0.25, 0.3) is 0 Å². The third-order valence-electron chi connectivity index (χ3n) is 4.94. The molecule has 2 fully saturated rings. The predicted molar refractivity (Wildman–Crippen MR) is 83.7 cm³/mol. The van der Waals surface area contributed by atoms with Gasteiger partial charge in [0.2, 0.25) is 5.91 Å². The molecule has 3 heteroatoms. The summed E-state index contributed by atoms with van der Waals surface area (Å²) >= 11 is 0. The zero-order valence-electron chi connectivity index (χ0n) is 12.5. The van der Waals surface area contributed by atoms with Crippen LogP contribution in [-0.4, -0.2) is 35.1 Å². The number of rotatable bonds is 3. The fraction of sp³-hybridized carbons (Fsp3) is 0.500. The Balaban J connectivity index is 1.60. The average molecular weight is 285 g/mol. The van der Waals surface area contributed by atoms with Gasteiger partial charge in [-0.2, -0.15) is 0 Å². The second-order valence-corrected chi connectivity index (χ2v) is 6.24. The van der Waals surface area contributed by atoms with Crippen molar-refractivity contribution in [1.82, 2.24) is 4.90 Å². The molecule has 1 N–H and O–H groups in total. The van der Waals surface area contributed by atoms with E-state index in [4.69, 9.17) is 0 Å². The summed E-state index contributed by atoms with van der Waals surface area (Å²) in [6.45, 7) is 3.65. The van der Waals surface area contributed by atoms with Crippen LogP contribution in [0.1, 0.15) is 30.9 Å². The van der Waals surface area contributed by atoms with E-state index in [0.717, 1.165) is 31.4 Å². The highest BCUT2D eigenvalue weighted by Crippen LogP contribution is 2.38. The van der Waals surface area contributed by atoms with Crippen molar-refractivity contribution in [2.45, 2.75) is 32.3 Å². The van der Waals surface area contributed by atoms with Crippen molar-refractivity contribution in [2.24, 2.45) is 11.8 Å². The highest BCUT2D eigenvalue weighted by molar-refractivity contribution is 5.92. The molecule has 1 amide bonds. The number of likely N-dealkylation sites (tertiary alicyclic amines) is 1. The molecule has 2 aliphatic rings. The fourth-order valence-corrected chi connectivity index (χ4v) is 3.55. The van der Waals surface area contributed by atoms with Crippen LogP contribution >= 0.6 is 0 Å². The molecule has 1 saturated heterocycles. The maximum atomic E-state index is 12.2. The lowest BCUT2D eigenvalue weighted by Gasteiger charge is -2.16. The molecule has 1 aromatic carbocycles. The molecule has 1 heterocycles. The Labute approximate surface area is 126 Å². The number of hydrogen-bond acceptors (Lipinski definition) is 2. The summed E-state index contributed by atoms with van der Waals surface area (Å²) in [4.78, 5) is 14.1. The van der Waals surface area contributed by atoms with E-state index in [9.17, 15) is 9.90 Å². The summed E-state index contributed by atoms with van der Waals surface area (Å²) in [6, 6.07) is 8.29. The number of aryl methyl sites for hydroxylation is 1. The van der Waals surface area contributed by atoms with Crippen molar-refractivity contribution in [1.29, 1.82) is 0 Å². The molecule has 3 unspecified atom stereocenters. The lowest BCUT2D eigenvalue weighted by atomic mass is 10.00. The van der Waals surface area contributed by atoms with Gasteiger partial charge in [-0.15, -0.1) is 0 Å². The van der Waals surface area contributed by atoms with Crippen molar-refractivity contribution < 1.29 is 9.90 Å². The smallest absolute Gasteiger partial charge is 0.246 e. The molecule has 1 aromatic rings. The van der Waals surface area contributed by atoms with Crippen molar-refractivity contribution in [3.05, 3.63) is 41.5 Å². The normalized spacial score (nSPS) is 28.3. The Morgan fingerprint density at radius 1 is 1.29 bits per heavy atom. The lowest BCUT2D eigenvalue weighted by molar-refractivity contribution is -0.125. The highest BCUT2D eigenvalue weighted by atomic mass is 16.3. The maximum absolute atomic E-state index is 12.2. The Kier molecular flexibility index (Phi) is 4.11. The van der Waals surface area contributed by atoms with Crippen LogP contribution in [0, 0.1) is 11.8 Å². The van der Waals surface area contributed by atoms with Crippen molar-refractivity contribution in [3.63, 3.8) is 0 Å². The third kappa shape index (κ3) is 3.03. The van der Waals surface area contributed by atoms with E-state index in [0.29, 0.717) is 18.4 Å². The van der Waals surface area contributed by atoms with Crippen LogP contribution in [0.2, 0.25) is 0 Å². The molecule has 1 saturated carbocycles. The fourth-order valence-electron chi connectivity index (χ4n) is 3.55. The van der Waals surface area contributed by atoms with Gasteiger partial charge in [0.15, 0.2) is 0 Å². The number of amides is 1. The minimum absolute atomic E-state index is 0.0659. The maximum Gasteiger partial charge on any atom is 0.246 e. The largest absolute Gasteiger partial charge is 0.393 e. The first-order chi connectivity index (χ1) is 10.2. The molecule has 0 aromatic heterocycles. The van der Waals surface area contributed by atoms with E-state index in [-0.39, 0.29) is 12.0 Å². The predicted octanol–water partition coefficient (Wildman–Crippen LogP) is 2.49. The van der Waals surface area contributed by atoms with Gasteiger partial charge in [-0.05, 0) is 42.4 Å². The van der Waals surface area contributed by atoms with Crippen LogP contribution in [0.5, 0.6) is 0 Å². The summed E-state index contributed by atoms with van der Waals surface area (Å²) in [5.74, 6) is 0.864. The van der Waals surface area contributed by atoms with Gasteiger partial charge < -0.3 is 10.0 Å². The summed E-state index contributed by atoms with van der Waals surface area (Å²) in [7, 11) is 0. The minimum atomic E-state index is -0.210. The molecule has 21 heavy (non-hydrogen) atoms. The Morgan fingerprint density at radius 3 is 2.71 bits per heavy atom. The van der Waals surface area contributed by atoms with E-state index < -0.39 is 0 Å². The average Bonchev–Trinajstić information content (AvgIpc) is 3.08. The van der Waals surface area contributed by atoms with Gasteiger partial charge >= 0.3 is 0 Å². The Morgan fingerprint density at radius 2 is 2.05 bits per heavy atom. The molecule has 112 valence electrons. The molecule has 3 rings (SSSR count). The van der Waals surface area contributed by atoms with Gasteiger partial charge in [0.05, 0.1) is 6.10 Å². The summed E-state index contributed by atoms with van der Waals surface area (Å²) in [6.07, 6.45) is 6.32. The third-order valence-corrected chi connectivity index (χ3v) is 4.94. The SMILES string of the molecule is CCc1ccc(/C=C/C(=O)N2CC3CCC(O)C3C2)cc1. The molecular formula is C18H23NO2. The summed E-state index contributed by atoms with van der Waals surface area (Å²) < 4.78 is 0. The number of carbonyl (C=O) groups is 1. The second-order valence-electron chi connectivity index (χ2n) is 6.24. The van der Waals surface area contributed by atoms with E-state index in [1.54, 1.807) is 6.08 Å². The number of aliphatic hydroxyl groups is 1. The van der Waals surface area contributed by atoms with Gasteiger partial charge in [-0.25, -0.2) is 0 Å². The lowest BCUT2D eigenvalue weighted by Crippen LogP contribution is -2.29. The molecule has 3 atom stereocenters. The van der Waals surface area contributed by atoms with Crippen molar-refractivity contribution in [2.75, 3.05) is 13.1 Å². The Hall–Kier alpha value is -1.61. The van der Waals surface area contributed by atoms with Crippen molar-refractivity contribution in [3.8, 4) is 0 Å². The van der Waals surface area contributed by atoms with Crippen LogP contribution in [0.25, 0.3) is 6.08 Å². The quantitative estimate of drug-likeness (QED) is 0.867. The first-order valence-corrected chi connectivity index (χ1v) is 7.91. The molecule has 0 bridgehead atoms. The van der Waals surface area contributed by atoms with Gasteiger partial charge in [0, 0.05) is 25.1 Å². The summed E-state index contributed by atoms with van der Waals surface area (Å²) in [5.41, 5.74) is 2.36. The number of benzene rings is 1. The number of aliphatic hydroxyl groups excluding tert-OH is 1. The van der Waals surface area contributed by atoms with Crippen LogP contribution in [-0.2, 0) is 11.2 Å². The van der Waals surface area contributed by atoms with E-state index in [2.05, 4.69) is 19.1 Å². The van der Waals surface area contributed by atoms with Crippen LogP contribution in [0.4, 0.5) is 0 Å². The standard InChI is InChI=1S/C18H23NO2/c1-2-13-3-5-14(6-4-13)7-10-18(21)19-11-15-8-9-17(20)16(15)12-19/h3-7,10,15-17,20H,2,8-9,11-12H2,1H3/b10-7+. The number of nitrogens with zero attached hydrogens (tertiary/aromatic N) is 1. The zero-order valence-corrected chi connectivity index (χ0v) is 12.5. The monoisotopic (exact) mass is 285 g/mol. The van der Waals surface area contributed by atoms with Gasteiger partial charge in [0.1, 0.15) is 0 Å². The van der Waals surface area contributed by atoms with Gasteiger partial charge in [-0.1, -0.05) is 31.2 Å². The van der Waals surface area contributed by atoms with Gasteiger partial charge in [-0.3, -0.25) is 4.79 Å². The van der Waals surface area contributed by atoms with E-state index in [1.165, 1.54) is 5.56 Å².